The minimum atomic E-state index is -0.144. The van der Waals surface area contributed by atoms with Gasteiger partial charge in [-0.1, -0.05) is 6.07 Å². The molecule has 4 heterocycles. The summed E-state index contributed by atoms with van der Waals surface area (Å²) in [6.45, 7) is 9.95. The lowest BCUT2D eigenvalue weighted by Gasteiger charge is -2.38. The van der Waals surface area contributed by atoms with Crippen LogP contribution < -0.4 is 30.6 Å². The maximum absolute atomic E-state index is 13.6. The zero-order valence-electron chi connectivity index (χ0n) is 20.4. The van der Waals surface area contributed by atoms with E-state index in [9.17, 15) is 4.79 Å². The normalized spacial score (nSPS) is 18.6. The van der Waals surface area contributed by atoms with Gasteiger partial charge in [-0.05, 0) is 38.1 Å². The van der Waals surface area contributed by atoms with Gasteiger partial charge in [0.1, 0.15) is 0 Å². The highest BCUT2D eigenvalue weighted by atomic mass is 16.5. The molecule has 0 saturated carbocycles. The molecule has 1 atom stereocenters. The number of fused-ring (bicyclic) bond motifs is 1. The lowest BCUT2D eigenvalue weighted by atomic mass is 10.0. The van der Waals surface area contributed by atoms with Crippen LogP contribution in [0, 0.1) is 0 Å². The van der Waals surface area contributed by atoms with Crippen molar-refractivity contribution in [3.8, 4) is 5.75 Å². The molecule has 1 aromatic carbocycles. The summed E-state index contributed by atoms with van der Waals surface area (Å²) < 4.78 is 17.9. The van der Waals surface area contributed by atoms with Crippen molar-refractivity contribution in [2.24, 2.45) is 0 Å². The molecule has 0 radical (unpaired) electrons. The Morgan fingerprint density at radius 3 is 2.83 bits per heavy atom. The fourth-order valence-electron chi connectivity index (χ4n) is 4.91. The van der Waals surface area contributed by atoms with Crippen molar-refractivity contribution >= 4 is 28.2 Å². The standard InChI is InChI=1S/C26H33N5O4/c1-3-28-19-8-6-10-29-22(19)21-17-27-11-12-31(21)20-9-5-7-18-23(32)25(34-4-2)26(35-24(18)20)30-13-15-33-16-14-30/h5-10,21,27-28H,3-4,11-17H2,1-2H3. The molecule has 2 aliphatic rings. The van der Waals surface area contributed by atoms with Gasteiger partial charge in [0.2, 0.25) is 17.1 Å². The molecule has 9 heteroatoms. The minimum Gasteiger partial charge on any atom is -0.485 e. The third kappa shape index (κ3) is 4.53. The van der Waals surface area contributed by atoms with Gasteiger partial charge in [-0.15, -0.1) is 0 Å². The second kappa shape index (κ2) is 10.5. The number of rotatable bonds is 7. The summed E-state index contributed by atoms with van der Waals surface area (Å²) in [6, 6.07) is 9.76. The van der Waals surface area contributed by atoms with E-state index in [4.69, 9.17) is 18.9 Å². The maximum atomic E-state index is 13.6. The van der Waals surface area contributed by atoms with Crippen molar-refractivity contribution < 1.29 is 13.9 Å². The number of nitrogens with one attached hydrogen (secondary N) is 2. The van der Waals surface area contributed by atoms with Crippen LogP contribution in [0.1, 0.15) is 25.6 Å². The van der Waals surface area contributed by atoms with Gasteiger partial charge in [0.25, 0.3) is 0 Å². The first-order valence-corrected chi connectivity index (χ1v) is 12.4. The number of anilines is 3. The van der Waals surface area contributed by atoms with Gasteiger partial charge in [-0.3, -0.25) is 9.78 Å². The Morgan fingerprint density at radius 1 is 1.17 bits per heavy atom. The van der Waals surface area contributed by atoms with E-state index in [-0.39, 0.29) is 17.2 Å². The molecule has 0 spiro atoms. The van der Waals surface area contributed by atoms with Crippen molar-refractivity contribution in [2.75, 3.05) is 74.2 Å². The van der Waals surface area contributed by atoms with Crippen molar-refractivity contribution in [3.05, 3.63) is 52.4 Å². The Labute approximate surface area is 205 Å². The highest BCUT2D eigenvalue weighted by Gasteiger charge is 2.31. The van der Waals surface area contributed by atoms with Gasteiger partial charge in [-0.25, -0.2) is 0 Å². The first-order chi connectivity index (χ1) is 17.2. The highest BCUT2D eigenvalue weighted by molar-refractivity contribution is 5.91. The van der Waals surface area contributed by atoms with E-state index in [1.165, 1.54) is 0 Å². The molecule has 0 bridgehead atoms. The van der Waals surface area contributed by atoms with E-state index in [1.807, 2.05) is 42.3 Å². The maximum Gasteiger partial charge on any atom is 0.243 e. The summed E-state index contributed by atoms with van der Waals surface area (Å²) in [5.41, 5.74) is 3.31. The Bertz CT molecular complexity index is 1220. The fourth-order valence-corrected chi connectivity index (χ4v) is 4.91. The van der Waals surface area contributed by atoms with Crippen molar-refractivity contribution in [1.82, 2.24) is 10.3 Å². The smallest absolute Gasteiger partial charge is 0.243 e. The van der Waals surface area contributed by atoms with E-state index < -0.39 is 0 Å². The number of benzene rings is 1. The van der Waals surface area contributed by atoms with Crippen LogP contribution in [-0.4, -0.2) is 64.1 Å². The Hall–Kier alpha value is -3.30. The summed E-state index contributed by atoms with van der Waals surface area (Å²) >= 11 is 0. The van der Waals surface area contributed by atoms with Crippen LogP contribution in [0.25, 0.3) is 11.0 Å². The average Bonchev–Trinajstić information content (AvgIpc) is 2.91. The van der Waals surface area contributed by atoms with Crippen LogP contribution in [0.3, 0.4) is 0 Å². The van der Waals surface area contributed by atoms with Crippen molar-refractivity contribution in [1.29, 1.82) is 0 Å². The van der Waals surface area contributed by atoms with E-state index >= 15 is 0 Å². The largest absolute Gasteiger partial charge is 0.485 e. The monoisotopic (exact) mass is 479 g/mol. The number of morpholine rings is 1. The molecule has 2 N–H and O–H groups in total. The molecule has 0 amide bonds. The summed E-state index contributed by atoms with van der Waals surface area (Å²) in [7, 11) is 0. The molecule has 2 saturated heterocycles. The SMILES string of the molecule is CCNc1cccnc1C1CNCCN1c1cccc2c(=O)c(OCC)c(N3CCOCC3)oc12. The van der Waals surface area contributed by atoms with Gasteiger partial charge < -0.3 is 34.3 Å². The predicted octanol–water partition coefficient (Wildman–Crippen LogP) is 3.01. The van der Waals surface area contributed by atoms with Crippen LogP contribution in [-0.2, 0) is 4.74 Å². The van der Waals surface area contributed by atoms with Gasteiger partial charge >= 0.3 is 0 Å². The number of ether oxygens (including phenoxy) is 2. The Balaban J connectivity index is 1.65. The molecule has 3 aromatic rings. The van der Waals surface area contributed by atoms with Gasteiger partial charge in [0.15, 0.2) is 5.58 Å². The second-order valence-electron chi connectivity index (χ2n) is 8.63. The second-order valence-corrected chi connectivity index (χ2v) is 8.63. The first kappa shape index (κ1) is 23.4. The third-order valence-electron chi connectivity index (χ3n) is 6.50. The molecular weight excluding hydrogens is 446 g/mol. The predicted molar refractivity (Wildman–Crippen MR) is 138 cm³/mol. The molecule has 2 fully saturated rings. The summed E-state index contributed by atoms with van der Waals surface area (Å²) in [5, 5.41) is 7.47. The first-order valence-electron chi connectivity index (χ1n) is 12.4. The zero-order chi connectivity index (χ0) is 24.2. The fraction of sp³-hybridized carbons (Fsp3) is 0.462. The number of pyridine rings is 1. The van der Waals surface area contributed by atoms with Crippen LogP contribution in [0.4, 0.5) is 17.3 Å². The molecular formula is C26H33N5O4. The lowest BCUT2D eigenvalue weighted by Crippen LogP contribution is -2.46. The minimum absolute atomic E-state index is 0.0201. The lowest BCUT2D eigenvalue weighted by molar-refractivity contribution is 0.120. The molecule has 186 valence electrons. The van der Waals surface area contributed by atoms with Crippen LogP contribution in [0.2, 0.25) is 0 Å². The molecule has 9 nitrogen and oxygen atoms in total. The Kier molecular flexibility index (Phi) is 7.06. The van der Waals surface area contributed by atoms with Crippen molar-refractivity contribution in [2.45, 2.75) is 19.9 Å². The highest BCUT2D eigenvalue weighted by Crippen LogP contribution is 2.38. The van der Waals surface area contributed by atoms with Gasteiger partial charge in [-0.2, -0.15) is 0 Å². The summed E-state index contributed by atoms with van der Waals surface area (Å²) in [4.78, 5) is 22.7. The summed E-state index contributed by atoms with van der Waals surface area (Å²) in [5.74, 6) is 0.757. The molecule has 1 unspecified atom stereocenters. The molecule has 2 aromatic heterocycles. The Morgan fingerprint density at radius 2 is 2.03 bits per heavy atom. The number of hydrogen-bond donors (Lipinski definition) is 2. The number of para-hydroxylation sites is 1. The number of hydrogen-bond acceptors (Lipinski definition) is 9. The van der Waals surface area contributed by atoms with Crippen LogP contribution in [0.15, 0.2) is 45.7 Å². The van der Waals surface area contributed by atoms with Crippen LogP contribution in [0.5, 0.6) is 5.75 Å². The topological polar surface area (TPSA) is 92.1 Å². The van der Waals surface area contributed by atoms with E-state index in [1.54, 1.807) is 0 Å². The molecule has 35 heavy (non-hydrogen) atoms. The average molecular weight is 480 g/mol. The van der Waals surface area contributed by atoms with E-state index in [2.05, 4.69) is 28.5 Å². The third-order valence-corrected chi connectivity index (χ3v) is 6.50. The summed E-state index contributed by atoms with van der Waals surface area (Å²) in [6.07, 6.45) is 1.83. The molecule has 2 aliphatic heterocycles. The molecule has 0 aliphatic carbocycles. The molecule has 5 rings (SSSR count). The number of piperazine rings is 1. The van der Waals surface area contributed by atoms with Gasteiger partial charge in [0, 0.05) is 45.5 Å². The van der Waals surface area contributed by atoms with Crippen molar-refractivity contribution in [3.63, 3.8) is 0 Å². The van der Waals surface area contributed by atoms with Crippen LogP contribution >= 0.6 is 0 Å². The number of nitrogens with zero attached hydrogens (tertiary/aromatic N) is 3. The van der Waals surface area contributed by atoms with Gasteiger partial charge in [0.05, 0.1) is 48.3 Å². The number of aromatic nitrogens is 1. The van der Waals surface area contributed by atoms with E-state index in [0.717, 1.165) is 43.2 Å². The quantitative estimate of drug-likeness (QED) is 0.531. The van der Waals surface area contributed by atoms with E-state index in [0.29, 0.717) is 49.8 Å². The zero-order valence-corrected chi connectivity index (χ0v) is 20.4.